The van der Waals surface area contributed by atoms with E-state index in [0.717, 1.165) is 22.9 Å². The minimum Gasteiger partial charge on any atom is -0.329 e. The van der Waals surface area contributed by atoms with Crippen LogP contribution in [0, 0.1) is 12.8 Å². The van der Waals surface area contributed by atoms with Crippen LogP contribution in [0.3, 0.4) is 0 Å². The van der Waals surface area contributed by atoms with Crippen LogP contribution in [0.1, 0.15) is 18.4 Å². The fraction of sp³-hybridized carbons (Fsp3) is 0.500. The molecule has 0 radical (unpaired) electrons. The lowest BCUT2D eigenvalue weighted by atomic mass is 10.2. The van der Waals surface area contributed by atoms with Crippen molar-refractivity contribution in [1.82, 2.24) is 4.72 Å². The fourth-order valence-electron chi connectivity index (χ4n) is 2.01. The Morgan fingerprint density at radius 3 is 2.67 bits per heavy atom. The van der Waals surface area contributed by atoms with E-state index in [1.807, 2.05) is 0 Å². The highest BCUT2D eigenvalue weighted by Gasteiger charge is 2.33. The van der Waals surface area contributed by atoms with Crippen LogP contribution in [0.25, 0.3) is 0 Å². The van der Waals surface area contributed by atoms with Gasteiger partial charge in [0.25, 0.3) is 0 Å². The quantitative estimate of drug-likeness (QED) is 0.863. The molecular weight excluding hydrogens is 316 g/mol. The van der Waals surface area contributed by atoms with Crippen molar-refractivity contribution in [2.24, 2.45) is 11.7 Å². The highest BCUT2D eigenvalue weighted by Crippen LogP contribution is 2.33. The summed E-state index contributed by atoms with van der Waals surface area (Å²) in [6, 6.07) is 5.00. The summed E-state index contributed by atoms with van der Waals surface area (Å²) in [5, 5.41) is 0. The predicted octanol–water partition coefficient (Wildman–Crippen LogP) is 1.77. The number of benzene rings is 1. The van der Waals surface area contributed by atoms with Gasteiger partial charge in [-0.15, -0.1) is 0 Å². The van der Waals surface area contributed by atoms with Gasteiger partial charge in [-0.3, -0.25) is 0 Å². The van der Waals surface area contributed by atoms with Gasteiger partial charge in [-0.2, -0.15) is 0 Å². The fourth-order valence-corrected chi connectivity index (χ4v) is 4.03. The zero-order valence-electron chi connectivity index (χ0n) is 10.2. The van der Waals surface area contributed by atoms with Crippen LogP contribution in [0.15, 0.2) is 27.6 Å². The van der Waals surface area contributed by atoms with Gasteiger partial charge in [0.05, 0.1) is 4.90 Å². The van der Waals surface area contributed by atoms with E-state index in [9.17, 15) is 8.42 Å². The van der Waals surface area contributed by atoms with Crippen LogP contribution in [0.4, 0.5) is 0 Å². The molecule has 18 heavy (non-hydrogen) atoms. The number of hydrogen-bond donors (Lipinski definition) is 2. The Bertz CT molecular complexity index is 541. The lowest BCUT2D eigenvalue weighted by Crippen LogP contribution is -2.41. The number of halogens is 1. The summed E-state index contributed by atoms with van der Waals surface area (Å²) in [6.07, 6.45) is 2.12. The molecule has 3 N–H and O–H groups in total. The van der Waals surface area contributed by atoms with E-state index in [1.54, 1.807) is 25.1 Å². The molecule has 1 aliphatic carbocycles. The van der Waals surface area contributed by atoms with E-state index in [2.05, 4.69) is 20.7 Å². The Morgan fingerprint density at radius 2 is 2.17 bits per heavy atom. The minimum atomic E-state index is -3.47. The monoisotopic (exact) mass is 332 g/mol. The van der Waals surface area contributed by atoms with Gasteiger partial charge in [-0.1, -0.05) is 15.9 Å². The van der Waals surface area contributed by atoms with Crippen LogP contribution >= 0.6 is 15.9 Å². The number of aryl methyl sites for hydroxylation is 1. The van der Waals surface area contributed by atoms with Gasteiger partial charge < -0.3 is 5.73 Å². The highest BCUT2D eigenvalue weighted by atomic mass is 79.9. The summed E-state index contributed by atoms with van der Waals surface area (Å²) < 4.78 is 28.2. The Hall–Kier alpha value is -0.430. The predicted molar refractivity (Wildman–Crippen MR) is 74.8 cm³/mol. The van der Waals surface area contributed by atoms with E-state index in [-0.39, 0.29) is 6.04 Å². The maximum atomic E-state index is 12.3. The molecule has 100 valence electrons. The summed E-state index contributed by atoms with van der Waals surface area (Å²) in [7, 11) is -3.47. The molecule has 0 spiro atoms. The molecule has 1 aromatic rings. The van der Waals surface area contributed by atoms with Crippen LogP contribution in [0.5, 0.6) is 0 Å². The van der Waals surface area contributed by atoms with Crippen molar-refractivity contribution in [3.63, 3.8) is 0 Å². The minimum absolute atomic E-state index is 0.141. The van der Waals surface area contributed by atoms with Crippen LogP contribution < -0.4 is 10.5 Å². The average Bonchev–Trinajstić information content (AvgIpc) is 3.09. The normalized spacial score (nSPS) is 17.7. The zero-order valence-corrected chi connectivity index (χ0v) is 12.6. The third-order valence-corrected chi connectivity index (χ3v) is 5.32. The van der Waals surface area contributed by atoms with E-state index in [1.165, 1.54) is 0 Å². The maximum Gasteiger partial charge on any atom is 0.241 e. The lowest BCUT2D eigenvalue weighted by molar-refractivity contribution is 0.519. The molecular formula is C12H17BrN2O2S. The first kappa shape index (κ1) is 14.0. The molecule has 1 atom stereocenters. The van der Waals surface area contributed by atoms with Crippen molar-refractivity contribution in [2.45, 2.75) is 30.7 Å². The van der Waals surface area contributed by atoms with E-state index < -0.39 is 10.0 Å². The molecule has 4 nitrogen and oxygen atoms in total. The number of nitrogens with two attached hydrogens (primary N) is 1. The van der Waals surface area contributed by atoms with Gasteiger partial charge in [-0.25, -0.2) is 13.1 Å². The van der Waals surface area contributed by atoms with Crippen molar-refractivity contribution in [3.8, 4) is 0 Å². The number of rotatable bonds is 5. The Balaban J connectivity index is 2.24. The molecule has 1 unspecified atom stereocenters. The number of sulfonamides is 1. The van der Waals surface area contributed by atoms with E-state index >= 15 is 0 Å². The van der Waals surface area contributed by atoms with Crippen molar-refractivity contribution in [2.75, 3.05) is 6.54 Å². The van der Waals surface area contributed by atoms with Crippen molar-refractivity contribution < 1.29 is 8.42 Å². The van der Waals surface area contributed by atoms with Crippen molar-refractivity contribution in [3.05, 3.63) is 28.2 Å². The van der Waals surface area contributed by atoms with Gasteiger partial charge in [0, 0.05) is 17.1 Å². The summed E-state index contributed by atoms with van der Waals surface area (Å²) >= 11 is 3.33. The second-order valence-electron chi connectivity index (χ2n) is 4.71. The molecule has 1 aromatic carbocycles. The van der Waals surface area contributed by atoms with Crippen LogP contribution in [-0.4, -0.2) is 21.0 Å². The van der Waals surface area contributed by atoms with Crippen LogP contribution in [0.2, 0.25) is 0 Å². The first-order valence-electron chi connectivity index (χ1n) is 5.92. The van der Waals surface area contributed by atoms with Gasteiger partial charge in [-0.05, 0) is 49.4 Å². The maximum absolute atomic E-state index is 12.3. The third-order valence-electron chi connectivity index (χ3n) is 3.18. The SMILES string of the molecule is Cc1cc(Br)ccc1S(=O)(=O)NC(CN)C1CC1. The molecule has 1 fully saturated rings. The molecule has 0 heterocycles. The second kappa shape index (κ2) is 5.28. The average molecular weight is 333 g/mol. The summed E-state index contributed by atoms with van der Waals surface area (Å²) in [6.45, 7) is 2.13. The Morgan fingerprint density at radius 1 is 1.50 bits per heavy atom. The molecule has 1 saturated carbocycles. The van der Waals surface area contributed by atoms with Gasteiger partial charge >= 0.3 is 0 Å². The van der Waals surface area contributed by atoms with Gasteiger partial charge in [0.2, 0.25) is 10.0 Å². The Labute approximate surface area is 116 Å². The molecule has 6 heteroatoms. The molecule has 0 bridgehead atoms. The Kier molecular flexibility index (Phi) is 4.11. The highest BCUT2D eigenvalue weighted by molar-refractivity contribution is 9.10. The smallest absolute Gasteiger partial charge is 0.241 e. The van der Waals surface area contributed by atoms with E-state index in [0.29, 0.717) is 17.4 Å². The molecule has 0 aromatic heterocycles. The summed E-state index contributed by atoms with van der Waals surface area (Å²) in [5.74, 6) is 0.403. The van der Waals surface area contributed by atoms with Crippen molar-refractivity contribution >= 4 is 26.0 Å². The van der Waals surface area contributed by atoms with Gasteiger partial charge in [0.1, 0.15) is 0 Å². The topological polar surface area (TPSA) is 72.2 Å². The summed E-state index contributed by atoms with van der Waals surface area (Å²) in [4.78, 5) is 0.324. The molecule has 0 aliphatic heterocycles. The zero-order chi connectivity index (χ0) is 13.3. The third kappa shape index (κ3) is 3.12. The van der Waals surface area contributed by atoms with Gasteiger partial charge in [0.15, 0.2) is 0 Å². The largest absolute Gasteiger partial charge is 0.329 e. The first-order chi connectivity index (χ1) is 8.44. The second-order valence-corrected chi connectivity index (χ2v) is 7.31. The molecule has 0 saturated heterocycles. The summed E-state index contributed by atoms with van der Waals surface area (Å²) in [5.41, 5.74) is 6.35. The first-order valence-corrected chi connectivity index (χ1v) is 8.20. The molecule has 0 amide bonds. The lowest BCUT2D eigenvalue weighted by Gasteiger charge is -2.17. The molecule has 1 aliphatic rings. The standard InChI is InChI=1S/C12H17BrN2O2S/c1-8-6-10(13)4-5-12(8)18(16,17)15-11(7-14)9-2-3-9/h4-6,9,11,15H,2-3,7,14H2,1H3. The molecule has 2 rings (SSSR count). The van der Waals surface area contributed by atoms with Crippen LogP contribution in [-0.2, 0) is 10.0 Å². The number of nitrogens with one attached hydrogen (secondary N) is 1. The number of hydrogen-bond acceptors (Lipinski definition) is 3. The van der Waals surface area contributed by atoms with E-state index in [4.69, 9.17) is 5.73 Å². The van der Waals surface area contributed by atoms with Crippen molar-refractivity contribution in [1.29, 1.82) is 0 Å².